The summed E-state index contributed by atoms with van der Waals surface area (Å²) in [5.74, 6) is 0.355. The highest BCUT2D eigenvalue weighted by Gasteiger charge is 2.25. The Bertz CT molecular complexity index is 1200. The maximum atomic E-state index is 12.2. The third-order valence-electron chi connectivity index (χ3n) is 6.11. The lowest BCUT2D eigenvalue weighted by atomic mass is 9.86. The van der Waals surface area contributed by atoms with Gasteiger partial charge in [-0.05, 0) is 36.1 Å². The molecule has 8 nitrogen and oxygen atoms in total. The smallest absolute Gasteiger partial charge is 0.252 e. The number of aliphatic hydroxyl groups excluding tert-OH is 1. The first-order valence-electron chi connectivity index (χ1n) is 10.9. The average Bonchev–Trinajstić information content (AvgIpc) is 3.44. The molecule has 1 atom stereocenters. The highest BCUT2D eigenvalue weighted by molar-refractivity contribution is 7.90. The number of H-pyrrole nitrogens is 1. The summed E-state index contributed by atoms with van der Waals surface area (Å²) in [6.45, 7) is 0.0694. The second-order valence-corrected chi connectivity index (χ2v) is 10.5. The van der Waals surface area contributed by atoms with E-state index in [1.54, 1.807) is 18.3 Å². The van der Waals surface area contributed by atoms with Crippen molar-refractivity contribution < 1.29 is 18.3 Å². The van der Waals surface area contributed by atoms with Crippen LogP contribution in [-0.4, -0.2) is 53.8 Å². The van der Waals surface area contributed by atoms with Crippen LogP contribution in [0, 0.1) is 5.92 Å². The first-order valence-corrected chi connectivity index (χ1v) is 12.8. The van der Waals surface area contributed by atoms with Gasteiger partial charge in [0.25, 0.3) is 5.91 Å². The van der Waals surface area contributed by atoms with Gasteiger partial charge in [0.15, 0.2) is 14.9 Å². The molecule has 0 spiro atoms. The lowest BCUT2D eigenvalue weighted by Crippen LogP contribution is -2.26. The van der Waals surface area contributed by atoms with Crippen molar-refractivity contribution in [1.82, 2.24) is 20.3 Å². The van der Waals surface area contributed by atoms with Gasteiger partial charge in [0.1, 0.15) is 5.65 Å². The van der Waals surface area contributed by atoms with Gasteiger partial charge in [0.2, 0.25) is 0 Å². The Hall–Kier alpha value is -2.78. The maximum absolute atomic E-state index is 12.2. The van der Waals surface area contributed by atoms with Crippen molar-refractivity contribution >= 4 is 26.8 Å². The molecule has 0 radical (unpaired) electrons. The Morgan fingerprint density at radius 2 is 2.00 bits per heavy atom. The first kappa shape index (κ1) is 22.4. The molecule has 0 aliphatic heterocycles. The van der Waals surface area contributed by atoms with Gasteiger partial charge < -0.3 is 15.4 Å². The number of fused-ring (bicyclic) bond motifs is 1. The molecule has 3 N–H and O–H groups in total. The van der Waals surface area contributed by atoms with E-state index in [1.165, 1.54) is 31.9 Å². The molecular formula is C23H28N4O4S. The third kappa shape index (κ3) is 4.99. The molecule has 32 heavy (non-hydrogen) atoms. The highest BCUT2D eigenvalue weighted by Crippen LogP contribution is 2.38. The summed E-state index contributed by atoms with van der Waals surface area (Å²) in [5.41, 5.74) is 3.05. The van der Waals surface area contributed by atoms with Gasteiger partial charge in [-0.1, -0.05) is 31.7 Å². The van der Waals surface area contributed by atoms with Gasteiger partial charge in [-0.2, -0.15) is 0 Å². The molecule has 1 saturated carbocycles. The molecule has 0 aromatic carbocycles. The van der Waals surface area contributed by atoms with E-state index in [1.807, 2.05) is 12.1 Å². The van der Waals surface area contributed by atoms with Gasteiger partial charge in [0.05, 0.1) is 12.2 Å². The van der Waals surface area contributed by atoms with Crippen molar-refractivity contribution in [1.29, 1.82) is 0 Å². The summed E-state index contributed by atoms with van der Waals surface area (Å²) >= 11 is 0. The van der Waals surface area contributed by atoms with Crippen molar-refractivity contribution in [2.24, 2.45) is 5.92 Å². The topological polar surface area (TPSA) is 125 Å². The lowest BCUT2D eigenvalue weighted by Gasteiger charge is -2.20. The van der Waals surface area contributed by atoms with Crippen molar-refractivity contribution in [2.75, 3.05) is 19.4 Å². The Labute approximate surface area is 187 Å². The number of aromatic amines is 1. The molecule has 3 aromatic rings. The Morgan fingerprint density at radius 1 is 1.22 bits per heavy atom. The zero-order chi connectivity index (χ0) is 22.7. The summed E-state index contributed by atoms with van der Waals surface area (Å²) < 4.78 is 23.6. The number of hydrogen-bond acceptors (Lipinski definition) is 6. The van der Waals surface area contributed by atoms with Crippen LogP contribution in [-0.2, 0) is 9.84 Å². The van der Waals surface area contributed by atoms with Crippen molar-refractivity contribution in [3.05, 3.63) is 53.5 Å². The molecule has 3 heterocycles. The zero-order valence-electron chi connectivity index (χ0n) is 18.0. The van der Waals surface area contributed by atoms with Crippen molar-refractivity contribution in [3.8, 4) is 0 Å². The third-order valence-corrected chi connectivity index (χ3v) is 7.11. The number of nitrogens with zero attached hydrogens (tertiary/aromatic N) is 2. The molecule has 9 heteroatoms. The molecule has 1 fully saturated rings. The number of aromatic nitrogens is 3. The van der Waals surface area contributed by atoms with E-state index in [2.05, 4.69) is 20.3 Å². The predicted octanol–water partition coefficient (Wildman–Crippen LogP) is 2.80. The second-order valence-electron chi connectivity index (χ2n) is 8.51. The van der Waals surface area contributed by atoms with Crippen LogP contribution >= 0.6 is 0 Å². The summed E-state index contributed by atoms with van der Waals surface area (Å²) in [4.78, 5) is 24.2. The van der Waals surface area contributed by atoms with Crippen LogP contribution in [0.25, 0.3) is 11.0 Å². The van der Waals surface area contributed by atoms with Crippen LogP contribution in [0.1, 0.15) is 59.6 Å². The van der Waals surface area contributed by atoms with Crippen LogP contribution in [0.15, 0.2) is 41.7 Å². The van der Waals surface area contributed by atoms with E-state index >= 15 is 0 Å². The number of pyridine rings is 2. The van der Waals surface area contributed by atoms with Gasteiger partial charge >= 0.3 is 0 Å². The second kappa shape index (κ2) is 9.38. The summed E-state index contributed by atoms with van der Waals surface area (Å²) in [5, 5.41) is 12.4. The number of nitrogens with one attached hydrogen (secondary N) is 2. The van der Waals surface area contributed by atoms with Crippen LogP contribution in [0.5, 0.6) is 0 Å². The van der Waals surface area contributed by atoms with Crippen molar-refractivity contribution in [3.63, 3.8) is 0 Å². The molecular weight excluding hydrogens is 428 g/mol. The van der Waals surface area contributed by atoms with Crippen molar-refractivity contribution in [2.45, 2.75) is 43.0 Å². The fourth-order valence-electron chi connectivity index (χ4n) is 4.46. The maximum Gasteiger partial charge on any atom is 0.252 e. The molecule has 4 rings (SSSR count). The average molecular weight is 457 g/mol. The standard InChI is InChI=1S/C23H28N4O4S/c1-32(30,31)21-7-6-16(13-25-21)19(10-15-4-2-3-5-15)20-12-17-11-18(14-26-22(17)27-20)23(29)24-8-9-28/h6-7,11-15,19,28H,2-5,8-10H2,1H3,(H,24,29)(H,26,27). The van der Waals surface area contributed by atoms with E-state index in [-0.39, 0.29) is 30.0 Å². The lowest BCUT2D eigenvalue weighted by molar-refractivity contribution is 0.0944. The van der Waals surface area contributed by atoms with Crippen LogP contribution in [0.2, 0.25) is 0 Å². The Balaban J connectivity index is 1.67. The van der Waals surface area contributed by atoms with Crippen LogP contribution < -0.4 is 5.32 Å². The van der Waals surface area contributed by atoms with E-state index in [9.17, 15) is 13.2 Å². The minimum absolute atomic E-state index is 0.0278. The number of aliphatic hydroxyl groups is 1. The quantitative estimate of drug-likeness (QED) is 0.479. The molecule has 1 aliphatic carbocycles. The zero-order valence-corrected chi connectivity index (χ0v) is 18.9. The summed E-state index contributed by atoms with van der Waals surface area (Å²) in [7, 11) is -3.35. The number of carbonyl (C=O) groups is 1. The molecule has 3 aromatic heterocycles. The Kier molecular flexibility index (Phi) is 6.57. The fraction of sp³-hybridized carbons (Fsp3) is 0.435. The van der Waals surface area contributed by atoms with E-state index < -0.39 is 9.84 Å². The SMILES string of the molecule is CS(=O)(=O)c1ccc(C(CC2CCCC2)c2cc3cc(C(=O)NCCO)cnc3[nH]2)cn1. The van der Waals surface area contributed by atoms with Gasteiger partial charge in [-0.15, -0.1) is 0 Å². The highest BCUT2D eigenvalue weighted by atomic mass is 32.2. The Morgan fingerprint density at radius 3 is 2.66 bits per heavy atom. The van der Waals surface area contributed by atoms with Gasteiger partial charge in [0, 0.05) is 42.2 Å². The van der Waals surface area contributed by atoms with E-state index in [0.29, 0.717) is 17.1 Å². The largest absolute Gasteiger partial charge is 0.395 e. The normalized spacial score (nSPS) is 15.8. The van der Waals surface area contributed by atoms with Gasteiger partial charge in [-0.25, -0.2) is 18.4 Å². The summed E-state index contributed by atoms with van der Waals surface area (Å²) in [6.07, 6.45) is 10.1. The predicted molar refractivity (Wildman–Crippen MR) is 121 cm³/mol. The number of carbonyl (C=O) groups excluding carboxylic acids is 1. The monoisotopic (exact) mass is 456 g/mol. The van der Waals surface area contributed by atoms with Crippen LogP contribution in [0.3, 0.4) is 0 Å². The number of amides is 1. The van der Waals surface area contributed by atoms with Gasteiger partial charge in [-0.3, -0.25) is 4.79 Å². The van der Waals surface area contributed by atoms with E-state index in [0.717, 1.165) is 29.3 Å². The number of sulfone groups is 1. The molecule has 0 saturated heterocycles. The minimum atomic E-state index is -3.35. The van der Waals surface area contributed by atoms with E-state index in [4.69, 9.17) is 5.11 Å². The fourth-order valence-corrected chi connectivity index (χ4v) is 5.02. The van der Waals surface area contributed by atoms with Crippen LogP contribution in [0.4, 0.5) is 0 Å². The molecule has 1 amide bonds. The molecule has 1 unspecified atom stereocenters. The molecule has 170 valence electrons. The minimum Gasteiger partial charge on any atom is -0.395 e. The molecule has 0 bridgehead atoms. The summed E-state index contributed by atoms with van der Waals surface area (Å²) in [6, 6.07) is 7.20. The first-order chi connectivity index (χ1) is 15.3. The number of rotatable bonds is 8. The number of hydrogen-bond donors (Lipinski definition) is 3. The molecule has 1 aliphatic rings.